The van der Waals surface area contributed by atoms with E-state index in [1.165, 1.54) is 27.5 Å². The second-order valence-electron chi connectivity index (χ2n) is 7.77. The largest absolute Gasteiger partial charge is 0.479 e. The standard InChI is InChI=1S/C21H25N3O4S/c1-6-17-23-24-18(25)11-15(22-20(24)29-17)12-27-19(26)13(2)28-16-9-7-14(8-10-16)21(3,4)5/h7-11,13H,6,12H2,1-5H3/t13-/m0/s1. The number of hydrogen-bond donors (Lipinski definition) is 0. The zero-order chi connectivity index (χ0) is 21.2. The summed E-state index contributed by atoms with van der Waals surface area (Å²) in [6.07, 6.45) is -0.0565. The highest BCUT2D eigenvalue weighted by atomic mass is 32.1. The van der Waals surface area contributed by atoms with E-state index in [1.54, 1.807) is 6.92 Å². The predicted octanol–water partition coefficient (Wildman–Crippen LogP) is 3.52. The van der Waals surface area contributed by atoms with Crippen LogP contribution in [0.25, 0.3) is 4.96 Å². The van der Waals surface area contributed by atoms with Gasteiger partial charge in [-0.3, -0.25) is 4.79 Å². The molecule has 0 saturated carbocycles. The normalized spacial score (nSPS) is 12.7. The van der Waals surface area contributed by atoms with Crippen LogP contribution in [-0.4, -0.2) is 26.7 Å². The average Bonchev–Trinajstić information content (AvgIpc) is 3.09. The molecule has 1 aromatic carbocycles. The van der Waals surface area contributed by atoms with Gasteiger partial charge in [0.15, 0.2) is 6.10 Å². The fourth-order valence-corrected chi connectivity index (χ4v) is 3.52. The molecule has 0 saturated heterocycles. The van der Waals surface area contributed by atoms with Crippen molar-refractivity contribution in [3.05, 3.63) is 57.0 Å². The van der Waals surface area contributed by atoms with Crippen LogP contribution in [0, 0.1) is 0 Å². The van der Waals surface area contributed by atoms with E-state index >= 15 is 0 Å². The molecule has 2 aromatic heterocycles. The molecule has 0 aliphatic rings. The Balaban J connectivity index is 1.61. The molecule has 0 N–H and O–H groups in total. The van der Waals surface area contributed by atoms with Gasteiger partial charge < -0.3 is 9.47 Å². The summed E-state index contributed by atoms with van der Waals surface area (Å²) in [7, 11) is 0. The van der Waals surface area contributed by atoms with Gasteiger partial charge in [0.2, 0.25) is 4.96 Å². The molecule has 8 heteroatoms. The monoisotopic (exact) mass is 415 g/mol. The fourth-order valence-electron chi connectivity index (χ4n) is 2.66. The summed E-state index contributed by atoms with van der Waals surface area (Å²) < 4.78 is 12.2. The predicted molar refractivity (Wildman–Crippen MR) is 112 cm³/mol. The van der Waals surface area contributed by atoms with Gasteiger partial charge in [0.1, 0.15) is 17.4 Å². The number of hydrogen-bond acceptors (Lipinski definition) is 7. The van der Waals surface area contributed by atoms with Gasteiger partial charge in [-0.15, -0.1) is 0 Å². The van der Waals surface area contributed by atoms with Crippen molar-refractivity contribution in [3.63, 3.8) is 0 Å². The number of carbonyl (C=O) groups is 1. The van der Waals surface area contributed by atoms with Crippen molar-refractivity contribution in [1.82, 2.24) is 14.6 Å². The minimum atomic E-state index is -0.782. The maximum absolute atomic E-state index is 12.3. The van der Waals surface area contributed by atoms with Gasteiger partial charge in [-0.05, 0) is 36.5 Å². The van der Waals surface area contributed by atoms with Gasteiger partial charge in [0.05, 0.1) is 5.69 Å². The first-order valence-electron chi connectivity index (χ1n) is 9.50. The number of aryl methyl sites for hydroxylation is 1. The van der Waals surface area contributed by atoms with Crippen LogP contribution in [-0.2, 0) is 28.0 Å². The summed E-state index contributed by atoms with van der Waals surface area (Å²) >= 11 is 1.35. The molecule has 0 unspecified atom stereocenters. The summed E-state index contributed by atoms with van der Waals surface area (Å²) in [6.45, 7) is 9.90. The van der Waals surface area contributed by atoms with Crippen molar-refractivity contribution in [3.8, 4) is 5.75 Å². The summed E-state index contributed by atoms with van der Waals surface area (Å²) in [6, 6.07) is 8.99. The van der Waals surface area contributed by atoms with Crippen molar-refractivity contribution in [2.75, 3.05) is 0 Å². The third-order valence-electron chi connectivity index (χ3n) is 4.37. The van der Waals surface area contributed by atoms with E-state index in [0.717, 1.165) is 11.4 Å². The van der Waals surface area contributed by atoms with E-state index in [9.17, 15) is 9.59 Å². The molecule has 154 valence electrons. The molecule has 29 heavy (non-hydrogen) atoms. The molecular formula is C21H25N3O4S. The minimum absolute atomic E-state index is 0.0475. The lowest BCUT2D eigenvalue weighted by Gasteiger charge is -2.20. The average molecular weight is 416 g/mol. The lowest BCUT2D eigenvalue weighted by Crippen LogP contribution is -2.26. The Hall–Kier alpha value is -2.74. The molecule has 0 bridgehead atoms. The minimum Gasteiger partial charge on any atom is -0.479 e. The highest BCUT2D eigenvalue weighted by molar-refractivity contribution is 7.16. The Morgan fingerprint density at radius 1 is 1.24 bits per heavy atom. The Bertz CT molecular complexity index is 1060. The second-order valence-corrected chi connectivity index (χ2v) is 8.81. The summed E-state index contributed by atoms with van der Waals surface area (Å²) in [5.74, 6) is 0.0717. The SMILES string of the molecule is CCc1nn2c(=O)cc(COC(=O)[C@H](C)Oc3ccc(C(C)(C)C)cc3)nc2s1. The summed E-state index contributed by atoms with van der Waals surface area (Å²) in [5, 5.41) is 5.02. The number of fused-ring (bicyclic) bond motifs is 1. The number of aromatic nitrogens is 3. The molecule has 0 radical (unpaired) electrons. The van der Waals surface area contributed by atoms with Crippen molar-refractivity contribution >= 4 is 22.3 Å². The lowest BCUT2D eigenvalue weighted by atomic mass is 9.87. The van der Waals surface area contributed by atoms with E-state index in [1.807, 2.05) is 31.2 Å². The van der Waals surface area contributed by atoms with Crippen LogP contribution in [0.15, 0.2) is 35.1 Å². The lowest BCUT2D eigenvalue weighted by molar-refractivity contribution is -0.152. The van der Waals surface area contributed by atoms with Gasteiger partial charge in [0, 0.05) is 6.07 Å². The Labute approximate surface area is 173 Å². The third-order valence-corrected chi connectivity index (χ3v) is 5.42. The molecule has 2 heterocycles. The highest BCUT2D eigenvalue weighted by Crippen LogP contribution is 2.24. The summed E-state index contributed by atoms with van der Waals surface area (Å²) in [4.78, 5) is 29.3. The molecule has 1 atom stereocenters. The van der Waals surface area contributed by atoms with E-state index in [-0.39, 0.29) is 17.6 Å². The number of benzene rings is 1. The molecule has 7 nitrogen and oxygen atoms in total. The number of nitrogens with zero attached hydrogens (tertiary/aromatic N) is 3. The van der Waals surface area contributed by atoms with Crippen molar-refractivity contribution in [1.29, 1.82) is 0 Å². The van der Waals surface area contributed by atoms with Crippen LogP contribution < -0.4 is 10.3 Å². The smallest absolute Gasteiger partial charge is 0.347 e. The quantitative estimate of drug-likeness (QED) is 0.573. The number of rotatable bonds is 6. The maximum Gasteiger partial charge on any atom is 0.347 e. The molecule has 0 spiro atoms. The van der Waals surface area contributed by atoms with Gasteiger partial charge >= 0.3 is 5.97 Å². The van der Waals surface area contributed by atoms with E-state index < -0.39 is 12.1 Å². The van der Waals surface area contributed by atoms with Crippen LogP contribution in [0.3, 0.4) is 0 Å². The molecule has 3 rings (SSSR count). The third kappa shape index (κ3) is 5.00. The van der Waals surface area contributed by atoms with Crippen molar-refractivity contribution < 1.29 is 14.3 Å². The molecular weight excluding hydrogens is 390 g/mol. The number of carbonyl (C=O) groups excluding carboxylic acids is 1. The van der Waals surface area contributed by atoms with Crippen LogP contribution in [0.4, 0.5) is 0 Å². The van der Waals surface area contributed by atoms with E-state index in [2.05, 4.69) is 30.9 Å². The Kier molecular flexibility index (Phi) is 6.02. The molecule has 0 fully saturated rings. The summed E-state index contributed by atoms with van der Waals surface area (Å²) in [5.41, 5.74) is 1.32. The van der Waals surface area contributed by atoms with Gasteiger partial charge in [0.25, 0.3) is 5.56 Å². The van der Waals surface area contributed by atoms with Gasteiger partial charge in [-0.25, -0.2) is 9.78 Å². The molecule has 0 aliphatic carbocycles. The number of esters is 1. The molecule has 3 aromatic rings. The highest BCUT2D eigenvalue weighted by Gasteiger charge is 2.18. The fraction of sp³-hybridized carbons (Fsp3) is 0.429. The maximum atomic E-state index is 12.3. The topological polar surface area (TPSA) is 82.8 Å². The van der Waals surface area contributed by atoms with Crippen LogP contribution in [0.5, 0.6) is 5.75 Å². The van der Waals surface area contributed by atoms with Crippen molar-refractivity contribution in [2.45, 2.75) is 59.2 Å². The molecule has 0 aliphatic heterocycles. The van der Waals surface area contributed by atoms with Crippen LogP contribution >= 0.6 is 11.3 Å². The first-order chi connectivity index (χ1) is 13.7. The molecule has 0 amide bonds. The Morgan fingerprint density at radius 3 is 2.55 bits per heavy atom. The van der Waals surface area contributed by atoms with Crippen LogP contribution in [0.2, 0.25) is 0 Å². The zero-order valence-corrected chi connectivity index (χ0v) is 18.1. The first-order valence-corrected chi connectivity index (χ1v) is 10.3. The second kappa shape index (κ2) is 8.32. The Morgan fingerprint density at radius 2 is 1.93 bits per heavy atom. The van der Waals surface area contributed by atoms with Gasteiger partial charge in [-0.1, -0.05) is 51.2 Å². The number of ether oxygens (including phenoxy) is 2. The zero-order valence-electron chi connectivity index (χ0n) is 17.3. The first kappa shape index (κ1) is 21.0. The van der Waals surface area contributed by atoms with Crippen LogP contribution in [0.1, 0.15) is 50.9 Å². The van der Waals surface area contributed by atoms with E-state index in [4.69, 9.17) is 9.47 Å². The van der Waals surface area contributed by atoms with E-state index in [0.29, 0.717) is 16.4 Å². The van der Waals surface area contributed by atoms with Gasteiger partial charge in [-0.2, -0.15) is 9.61 Å². The van der Waals surface area contributed by atoms with Crippen molar-refractivity contribution in [2.24, 2.45) is 0 Å².